The largest absolute Gasteiger partial charge is 0.477 e. The van der Waals surface area contributed by atoms with E-state index in [9.17, 15) is 13.2 Å². The number of nitrogens with one attached hydrogen (secondary N) is 1. The zero-order valence-corrected chi connectivity index (χ0v) is 13.5. The fraction of sp³-hybridized carbons (Fsp3) is 0.250. The minimum atomic E-state index is -3.45. The van der Waals surface area contributed by atoms with Crippen LogP contribution in [0.25, 0.3) is 0 Å². The lowest BCUT2D eigenvalue weighted by atomic mass is 10.1. The maximum absolute atomic E-state index is 12.1. The second kappa shape index (κ2) is 7.34. The van der Waals surface area contributed by atoms with E-state index in [4.69, 9.17) is 5.11 Å². The molecule has 0 radical (unpaired) electrons. The predicted octanol–water partition coefficient (Wildman–Crippen LogP) is 1.75. The third-order valence-corrected chi connectivity index (χ3v) is 4.67. The van der Waals surface area contributed by atoms with E-state index in [1.807, 2.05) is 19.1 Å². The summed E-state index contributed by atoms with van der Waals surface area (Å²) in [7, 11) is -3.45. The molecule has 1 aromatic carbocycles. The summed E-state index contributed by atoms with van der Waals surface area (Å²) in [5, 5.41) is 8.88. The number of hydrogen-bond acceptors (Lipinski definition) is 4. The van der Waals surface area contributed by atoms with Crippen LogP contribution in [0, 0.1) is 6.92 Å². The van der Waals surface area contributed by atoms with Gasteiger partial charge in [0.05, 0.1) is 5.75 Å². The molecule has 0 unspecified atom stereocenters. The Kier molecular flexibility index (Phi) is 5.46. The highest BCUT2D eigenvalue weighted by Gasteiger charge is 2.13. The van der Waals surface area contributed by atoms with Crippen molar-refractivity contribution in [2.75, 3.05) is 6.54 Å². The van der Waals surface area contributed by atoms with Crippen molar-refractivity contribution >= 4 is 16.0 Å². The molecule has 2 aromatic rings. The summed E-state index contributed by atoms with van der Waals surface area (Å²) < 4.78 is 26.7. The molecule has 0 aliphatic heterocycles. The zero-order valence-electron chi connectivity index (χ0n) is 12.7. The molecular weight excluding hydrogens is 316 g/mol. The standard InChI is InChI=1S/C16H18N2O4S/c1-12-5-2-3-6-13(12)11-23(21,22)17-10-9-14-7-4-8-15(18-14)16(19)20/h2-8,17H,9-11H2,1H3,(H,19,20). The second-order valence-electron chi connectivity index (χ2n) is 5.15. The quantitative estimate of drug-likeness (QED) is 0.804. The Balaban J connectivity index is 1.94. The van der Waals surface area contributed by atoms with Crippen LogP contribution in [-0.2, 0) is 22.2 Å². The summed E-state index contributed by atoms with van der Waals surface area (Å²) in [5.74, 6) is -1.19. The van der Waals surface area contributed by atoms with Gasteiger partial charge in [-0.05, 0) is 30.2 Å². The van der Waals surface area contributed by atoms with E-state index >= 15 is 0 Å². The molecule has 0 aliphatic carbocycles. The monoisotopic (exact) mass is 334 g/mol. The number of aromatic nitrogens is 1. The third kappa shape index (κ3) is 5.15. The Bertz CT molecular complexity index is 803. The molecule has 0 aliphatic rings. The lowest BCUT2D eigenvalue weighted by Crippen LogP contribution is -2.27. The van der Waals surface area contributed by atoms with Crippen LogP contribution in [0.4, 0.5) is 0 Å². The molecule has 23 heavy (non-hydrogen) atoms. The number of carboxylic acids is 1. The molecule has 0 amide bonds. The van der Waals surface area contributed by atoms with Gasteiger partial charge < -0.3 is 5.11 Å². The van der Waals surface area contributed by atoms with Crippen molar-refractivity contribution in [2.45, 2.75) is 19.1 Å². The number of carboxylic acid groups (broad SMARTS) is 1. The van der Waals surface area contributed by atoms with Crippen molar-refractivity contribution in [3.8, 4) is 0 Å². The van der Waals surface area contributed by atoms with Gasteiger partial charge in [-0.2, -0.15) is 0 Å². The van der Waals surface area contributed by atoms with Gasteiger partial charge in [0.2, 0.25) is 10.0 Å². The van der Waals surface area contributed by atoms with Crippen LogP contribution in [0.1, 0.15) is 27.3 Å². The molecule has 7 heteroatoms. The number of carbonyl (C=O) groups is 1. The number of benzene rings is 1. The minimum Gasteiger partial charge on any atom is -0.477 e. The van der Waals surface area contributed by atoms with Crippen molar-refractivity contribution in [3.05, 3.63) is 65.0 Å². The topological polar surface area (TPSA) is 96.4 Å². The highest BCUT2D eigenvalue weighted by Crippen LogP contribution is 2.10. The second-order valence-corrected chi connectivity index (χ2v) is 6.96. The van der Waals surface area contributed by atoms with Gasteiger partial charge in [0.25, 0.3) is 0 Å². The van der Waals surface area contributed by atoms with Gasteiger partial charge in [-0.3, -0.25) is 0 Å². The summed E-state index contributed by atoms with van der Waals surface area (Å²) >= 11 is 0. The molecule has 1 aromatic heterocycles. The maximum atomic E-state index is 12.1. The van der Waals surface area contributed by atoms with Crippen molar-refractivity contribution in [1.82, 2.24) is 9.71 Å². The lowest BCUT2D eigenvalue weighted by Gasteiger charge is -2.09. The first kappa shape index (κ1) is 17.1. The van der Waals surface area contributed by atoms with Gasteiger partial charge in [-0.1, -0.05) is 30.3 Å². The first-order valence-corrected chi connectivity index (χ1v) is 8.74. The van der Waals surface area contributed by atoms with Gasteiger partial charge in [-0.15, -0.1) is 0 Å². The summed E-state index contributed by atoms with van der Waals surface area (Å²) in [4.78, 5) is 14.8. The van der Waals surface area contributed by atoms with Gasteiger partial charge in [0, 0.05) is 18.7 Å². The predicted molar refractivity (Wildman–Crippen MR) is 86.7 cm³/mol. The number of sulfonamides is 1. The normalized spacial score (nSPS) is 11.3. The number of pyridine rings is 1. The molecule has 0 bridgehead atoms. The summed E-state index contributed by atoms with van der Waals surface area (Å²) in [5.41, 5.74) is 2.16. The molecular formula is C16H18N2O4S. The first-order valence-electron chi connectivity index (χ1n) is 7.08. The molecule has 1 heterocycles. The Morgan fingerprint density at radius 3 is 2.61 bits per heavy atom. The molecule has 0 saturated heterocycles. The summed E-state index contributed by atoms with van der Waals surface area (Å²) in [6.07, 6.45) is 0.328. The van der Waals surface area contributed by atoms with Crippen molar-refractivity contribution in [1.29, 1.82) is 0 Å². The van der Waals surface area contributed by atoms with Gasteiger partial charge >= 0.3 is 5.97 Å². The van der Waals surface area contributed by atoms with Crippen LogP contribution >= 0.6 is 0 Å². The molecule has 0 atom stereocenters. The fourth-order valence-corrected chi connectivity index (χ4v) is 3.35. The van der Waals surface area contributed by atoms with E-state index in [0.717, 1.165) is 11.1 Å². The fourth-order valence-electron chi connectivity index (χ4n) is 2.10. The van der Waals surface area contributed by atoms with E-state index < -0.39 is 16.0 Å². The molecule has 2 rings (SSSR count). The van der Waals surface area contributed by atoms with Gasteiger partial charge in [0.15, 0.2) is 0 Å². The third-order valence-electron chi connectivity index (χ3n) is 3.34. The van der Waals surface area contributed by atoms with E-state index in [1.54, 1.807) is 24.3 Å². The molecule has 6 nitrogen and oxygen atoms in total. The lowest BCUT2D eigenvalue weighted by molar-refractivity contribution is 0.0690. The van der Waals surface area contributed by atoms with Crippen molar-refractivity contribution < 1.29 is 18.3 Å². The van der Waals surface area contributed by atoms with E-state index in [0.29, 0.717) is 12.1 Å². The molecule has 0 fully saturated rings. The van der Waals surface area contributed by atoms with Crippen LogP contribution in [-0.4, -0.2) is 31.0 Å². The smallest absolute Gasteiger partial charge is 0.354 e. The molecule has 2 N–H and O–H groups in total. The SMILES string of the molecule is Cc1ccccc1CS(=O)(=O)NCCc1cccc(C(=O)O)n1. The van der Waals surface area contributed by atoms with Crippen LogP contribution < -0.4 is 4.72 Å². The summed E-state index contributed by atoms with van der Waals surface area (Å²) in [6, 6.07) is 12.0. The van der Waals surface area contributed by atoms with Crippen LogP contribution in [0.5, 0.6) is 0 Å². The molecule has 122 valence electrons. The van der Waals surface area contributed by atoms with Crippen LogP contribution in [0.2, 0.25) is 0 Å². The van der Waals surface area contributed by atoms with Gasteiger partial charge in [-0.25, -0.2) is 22.9 Å². The number of hydrogen-bond donors (Lipinski definition) is 2. The highest BCUT2D eigenvalue weighted by molar-refractivity contribution is 7.88. The molecule has 0 spiro atoms. The Morgan fingerprint density at radius 2 is 1.91 bits per heavy atom. The average molecular weight is 334 g/mol. The van der Waals surface area contributed by atoms with E-state index in [1.165, 1.54) is 6.07 Å². The average Bonchev–Trinajstić information content (AvgIpc) is 2.49. The highest BCUT2D eigenvalue weighted by atomic mass is 32.2. The zero-order chi connectivity index (χ0) is 16.9. The van der Waals surface area contributed by atoms with Crippen molar-refractivity contribution in [2.24, 2.45) is 0 Å². The van der Waals surface area contributed by atoms with Crippen LogP contribution in [0.15, 0.2) is 42.5 Å². The van der Waals surface area contributed by atoms with Crippen molar-refractivity contribution in [3.63, 3.8) is 0 Å². The number of rotatable bonds is 7. The first-order chi connectivity index (χ1) is 10.9. The Labute approximate surface area is 135 Å². The number of aromatic carboxylic acids is 1. The van der Waals surface area contributed by atoms with Gasteiger partial charge in [0.1, 0.15) is 5.69 Å². The number of aryl methyl sites for hydroxylation is 1. The Morgan fingerprint density at radius 1 is 1.17 bits per heavy atom. The Hall–Kier alpha value is -2.25. The van der Waals surface area contributed by atoms with E-state index in [-0.39, 0.29) is 18.0 Å². The molecule has 0 saturated carbocycles. The van der Waals surface area contributed by atoms with Crippen LogP contribution in [0.3, 0.4) is 0 Å². The number of nitrogens with zero attached hydrogens (tertiary/aromatic N) is 1. The maximum Gasteiger partial charge on any atom is 0.354 e. The van der Waals surface area contributed by atoms with E-state index in [2.05, 4.69) is 9.71 Å². The summed E-state index contributed by atoms with van der Waals surface area (Å²) in [6.45, 7) is 2.04. The minimum absolute atomic E-state index is 0.0507.